The summed E-state index contributed by atoms with van der Waals surface area (Å²) in [6.45, 7) is 10.4. The van der Waals surface area contributed by atoms with Gasteiger partial charge in [0, 0.05) is 41.8 Å². The van der Waals surface area contributed by atoms with Crippen molar-refractivity contribution < 1.29 is 9.47 Å². The Labute approximate surface area is 126 Å². The first-order chi connectivity index (χ1) is 10.1. The van der Waals surface area contributed by atoms with Crippen molar-refractivity contribution in [2.45, 2.75) is 46.2 Å². The van der Waals surface area contributed by atoms with E-state index in [1.807, 2.05) is 6.07 Å². The maximum absolute atomic E-state index is 5.49. The van der Waals surface area contributed by atoms with Crippen LogP contribution in [-0.2, 0) is 6.42 Å². The molecular weight excluding hydrogens is 264 g/mol. The third kappa shape index (κ3) is 2.72. The summed E-state index contributed by atoms with van der Waals surface area (Å²) in [5.74, 6) is 1.69. The fourth-order valence-corrected chi connectivity index (χ4v) is 3.14. The van der Waals surface area contributed by atoms with Crippen LogP contribution in [0.1, 0.15) is 33.3 Å². The largest absolute Gasteiger partial charge is 0.454 e. The van der Waals surface area contributed by atoms with Crippen LogP contribution in [0.25, 0.3) is 10.9 Å². The van der Waals surface area contributed by atoms with Crippen LogP contribution in [0.5, 0.6) is 11.5 Å². The van der Waals surface area contributed by atoms with Crippen molar-refractivity contribution in [1.29, 1.82) is 0 Å². The molecule has 2 aromatic rings. The van der Waals surface area contributed by atoms with Crippen molar-refractivity contribution in [2.75, 3.05) is 13.3 Å². The van der Waals surface area contributed by atoms with E-state index in [9.17, 15) is 0 Å². The van der Waals surface area contributed by atoms with E-state index in [4.69, 9.17) is 9.47 Å². The highest BCUT2D eigenvalue weighted by Crippen LogP contribution is 2.37. The molecule has 1 aromatic carbocycles. The topological polar surface area (TPSA) is 37.5 Å². The fraction of sp³-hybridized carbons (Fsp3) is 0.529. The number of hydrogen-bond donors (Lipinski definition) is 1. The highest BCUT2D eigenvalue weighted by molar-refractivity contribution is 5.86. The Balaban J connectivity index is 1.81. The molecule has 0 amide bonds. The lowest BCUT2D eigenvalue weighted by molar-refractivity contribution is 0.174. The Morgan fingerprint density at radius 3 is 2.43 bits per heavy atom. The smallest absolute Gasteiger partial charge is 0.231 e. The lowest BCUT2D eigenvalue weighted by atomic mass is 10.1. The molecule has 1 aromatic heterocycles. The summed E-state index contributed by atoms with van der Waals surface area (Å²) in [6, 6.07) is 5.26. The monoisotopic (exact) mass is 288 g/mol. The summed E-state index contributed by atoms with van der Waals surface area (Å²) in [6.07, 6.45) is 3.15. The molecule has 0 atom stereocenters. The van der Waals surface area contributed by atoms with E-state index in [0.29, 0.717) is 18.9 Å². The average molecular weight is 288 g/mol. The molecule has 4 heteroatoms. The first kappa shape index (κ1) is 14.3. The first-order valence-corrected chi connectivity index (χ1v) is 7.71. The second kappa shape index (κ2) is 5.60. The molecule has 3 rings (SSSR count). The molecule has 2 heterocycles. The molecule has 1 aliphatic heterocycles. The quantitative estimate of drug-likeness (QED) is 0.914. The molecule has 0 spiro atoms. The average Bonchev–Trinajstić information content (AvgIpc) is 3.02. The van der Waals surface area contributed by atoms with Gasteiger partial charge < -0.3 is 14.5 Å². The Morgan fingerprint density at radius 1 is 1.10 bits per heavy atom. The zero-order valence-electron chi connectivity index (χ0n) is 13.3. The minimum atomic E-state index is 0.325. The Kier molecular flexibility index (Phi) is 3.81. The molecule has 0 fully saturated rings. The van der Waals surface area contributed by atoms with E-state index in [1.54, 1.807) is 0 Å². The van der Waals surface area contributed by atoms with Crippen LogP contribution >= 0.6 is 0 Å². The summed E-state index contributed by atoms with van der Waals surface area (Å²) >= 11 is 0. The molecule has 21 heavy (non-hydrogen) atoms. The van der Waals surface area contributed by atoms with Crippen molar-refractivity contribution in [2.24, 2.45) is 0 Å². The number of fused-ring (bicyclic) bond motifs is 2. The summed E-state index contributed by atoms with van der Waals surface area (Å²) < 4.78 is 10.9. The molecule has 0 saturated carbocycles. The number of ether oxygens (including phenoxy) is 2. The van der Waals surface area contributed by atoms with Gasteiger partial charge in [0.25, 0.3) is 0 Å². The standard InChI is InChI=1S/C17H24N2O2/c1-11(2)19(12(3)4)6-5-13-9-18-15-8-17-16(7-14(13)15)20-10-21-17/h7-9,11-12,18H,5-6,10H2,1-4H3. The van der Waals surface area contributed by atoms with Gasteiger partial charge in [0.1, 0.15) is 0 Å². The van der Waals surface area contributed by atoms with Gasteiger partial charge in [-0.2, -0.15) is 0 Å². The molecule has 0 radical (unpaired) electrons. The molecule has 114 valence electrons. The van der Waals surface area contributed by atoms with Crippen molar-refractivity contribution in [3.63, 3.8) is 0 Å². The van der Waals surface area contributed by atoms with Crippen LogP contribution in [0, 0.1) is 0 Å². The molecule has 0 bridgehead atoms. The molecule has 4 nitrogen and oxygen atoms in total. The molecule has 0 unspecified atom stereocenters. The van der Waals surface area contributed by atoms with E-state index in [-0.39, 0.29) is 0 Å². The van der Waals surface area contributed by atoms with Gasteiger partial charge in [-0.3, -0.25) is 4.90 Å². The minimum Gasteiger partial charge on any atom is -0.454 e. The van der Waals surface area contributed by atoms with Gasteiger partial charge in [0.15, 0.2) is 11.5 Å². The van der Waals surface area contributed by atoms with Crippen molar-refractivity contribution in [3.8, 4) is 11.5 Å². The van der Waals surface area contributed by atoms with Crippen LogP contribution < -0.4 is 9.47 Å². The van der Waals surface area contributed by atoms with E-state index in [0.717, 1.165) is 30.0 Å². The van der Waals surface area contributed by atoms with E-state index < -0.39 is 0 Å². The summed E-state index contributed by atoms with van der Waals surface area (Å²) in [5, 5.41) is 1.24. The third-order valence-corrected chi connectivity index (χ3v) is 4.23. The van der Waals surface area contributed by atoms with Crippen LogP contribution in [0.2, 0.25) is 0 Å². The van der Waals surface area contributed by atoms with Crippen LogP contribution in [0.3, 0.4) is 0 Å². The summed E-state index contributed by atoms with van der Waals surface area (Å²) in [4.78, 5) is 5.87. The Morgan fingerprint density at radius 2 is 1.76 bits per heavy atom. The van der Waals surface area contributed by atoms with Crippen LogP contribution in [-0.4, -0.2) is 35.3 Å². The minimum absolute atomic E-state index is 0.325. The van der Waals surface area contributed by atoms with Crippen LogP contribution in [0.4, 0.5) is 0 Å². The lowest BCUT2D eigenvalue weighted by Crippen LogP contribution is -2.38. The molecule has 0 saturated heterocycles. The predicted molar refractivity (Wildman–Crippen MR) is 85.1 cm³/mol. The highest BCUT2D eigenvalue weighted by Gasteiger charge is 2.18. The first-order valence-electron chi connectivity index (χ1n) is 7.71. The number of benzene rings is 1. The fourth-order valence-electron chi connectivity index (χ4n) is 3.14. The number of nitrogens with one attached hydrogen (secondary N) is 1. The predicted octanol–water partition coefficient (Wildman–Crippen LogP) is 3.56. The van der Waals surface area contributed by atoms with Gasteiger partial charge in [-0.05, 0) is 45.7 Å². The van der Waals surface area contributed by atoms with Gasteiger partial charge >= 0.3 is 0 Å². The number of nitrogens with zero attached hydrogens (tertiary/aromatic N) is 1. The summed E-state index contributed by atoms with van der Waals surface area (Å²) in [5.41, 5.74) is 2.46. The zero-order chi connectivity index (χ0) is 15.0. The summed E-state index contributed by atoms with van der Waals surface area (Å²) in [7, 11) is 0. The normalized spacial score (nSPS) is 14.0. The Bertz CT molecular complexity index is 623. The SMILES string of the molecule is CC(C)N(CCc1c[nH]c2cc3c(cc12)OCO3)C(C)C. The second-order valence-electron chi connectivity index (χ2n) is 6.24. The van der Waals surface area contributed by atoms with Gasteiger partial charge in [-0.1, -0.05) is 0 Å². The van der Waals surface area contributed by atoms with Crippen molar-refractivity contribution in [3.05, 3.63) is 23.9 Å². The number of hydrogen-bond acceptors (Lipinski definition) is 3. The molecule has 1 aliphatic rings. The number of aromatic nitrogens is 1. The molecular formula is C17H24N2O2. The number of H-pyrrole nitrogens is 1. The van der Waals surface area contributed by atoms with Crippen molar-refractivity contribution in [1.82, 2.24) is 9.88 Å². The number of rotatable bonds is 5. The van der Waals surface area contributed by atoms with Gasteiger partial charge in [-0.25, -0.2) is 0 Å². The molecule has 0 aliphatic carbocycles. The maximum Gasteiger partial charge on any atom is 0.231 e. The van der Waals surface area contributed by atoms with E-state index >= 15 is 0 Å². The Hall–Kier alpha value is -1.68. The van der Waals surface area contributed by atoms with Gasteiger partial charge in [0.05, 0.1) is 0 Å². The number of aromatic amines is 1. The highest BCUT2D eigenvalue weighted by atomic mass is 16.7. The maximum atomic E-state index is 5.49. The van der Waals surface area contributed by atoms with E-state index in [2.05, 4.69) is 49.8 Å². The molecule has 1 N–H and O–H groups in total. The zero-order valence-corrected chi connectivity index (χ0v) is 13.3. The van der Waals surface area contributed by atoms with Crippen molar-refractivity contribution >= 4 is 10.9 Å². The third-order valence-electron chi connectivity index (χ3n) is 4.23. The lowest BCUT2D eigenvalue weighted by Gasteiger charge is -2.30. The van der Waals surface area contributed by atoms with Crippen LogP contribution in [0.15, 0.2) is 18.3 Å². The second-order valence-corrected chi connectivity index (χ2v) is 6.24. The van der Waals surface area contributed by atoms with Gasteiger partial charge in [-0.15, -0.1) is 0 Å². The van der Waals surface area contributed by atoms with Gasteiger partial charge in [0.2, 0.25) is 6.79 Å². The van der Waals surface area contributed by atoms with E-state index in [1.165, 1.54) is 10.9 Å².